The molecular formula is C16H15ClN4O6. The number of esters is 1. The minimum absolute atomic E-state index is 0.122. The fourth-order valence-electron chi connectivity index (χ4n) is 1.88. The van der Waals surface area contributed by atoms with Crippen LogP contribution < -0.4 is 14.9 Å². The first-order chi connectivity index (χ1) is 12.9. The number of carbonyl (C=O) groups excluding carboxylic acids is 1. The van der Waals surface area contributed by atoms with Crippen LogP contribution in [-0.2, 0) is 9.53 Å². The molecule has 1 N–H and O–H groups in total. The van der Waals surface area contributed by atoms with Crippen LogP contribution >= 0.6 is 11.6 Å². The van der Waals surface area contributed by atoms with E-state index in [-0.39, 0.29) is 23.1 Å². The summed E-state index contributed by atoms with van der Waals surface area (Å²) in [6, 6.07) is 5.89. The molecule has 1 aromatic heterocycles. The van der Waals surface area contributed by atoms with E-state index in [1.54, 1.807) is 12.1 Å². The van der Waals surface area contributed by atoms with Gasteiger partial charge in [0.2, 0.25) is 0 Å². The Morgan fingerprint density at radius 1 is 1.41 bits per heavy atom. The molecule has 0 spiro atoms. The topological polar surface area (TPSA) is 125 Å². The van der Waals surface area contributed by atoms with E-state index >= 15 is 0 Å². The molecule has 0 radical (unpaired) electrons. The molecule has 0 saturated heterocycles. The van der Waals surface area contributed by atoms with Gasteiger partial charge in [0.1, 0.15) is 12.0 Å². The number of aromatic nitrogens is 1. The summed E-state index contributed by atoms with van der Waals surface area (Å²) >= 11 is 6.17. The molecule has 2 rings (SSSR count). The maximum atomic E-state index is 11.2. The molecule has 10 nitrogen and oxygen atoms in total. The first kappa shape index (κ1) is 19.9. The number of nitro groups is 1. The minimum atomic E-state index is -0.557. The number of pyridine rings is 1. The molecule has 0 aliphatic heterocycles. The second kappa shape index (κ2) is 9.34. The summed E-state index contributed by atoms with van der Waals surface area (Å²) in [5, 5.41) is 14.8. The van der Waals surface area contributed by atoms with E-state index in [9.17, 15) is 14.9 Å². The Balaban J connectivity index is 2.09. The van der Waals surface area contributed by atoms with Gasteiger partial charge in [-0.15, -0.1) is 0 Å². The molecule has 2 aromatic rings. The van der Waals surface area contributed by atoms with Gasteiger partial charge in [-0.25, -0.2) is 9.78 Å². The summed E-state index contributed by atoms with van der Waals surface area (Å²) in [5.41, 5.74) is 3.10. The molecule has 0 atom stereocenters. The second-order valence-corrected chi connectivity index (χ2v) is 5.33. The van der Waals surface area contributed by atoms with Gasteiger partial charge in [-0.3, -0.25) is 15.5 Å². The van der Waals surface area contributed by atoms with E-state index in [4.69, 9.17) is 21.1 Å². The highest BCUT2D eigenvalue weighted by atomic mass is 35.5. The van der Waals surface area contributed by atoms with E-state index in [1.807, 2.05) is 0 Å². The highest BCUT2D eigenvalue weighted by Crippen LogP contribution is 2.36. The summed E-state index contributed by atoms with van der Waals surface area (Å²) in [6.45, 7) is -0.312. The number of hydrogen-bond acceptors (Lipinski definition) is 9. The van der Waals surface area contributed by atoms with Crippen LogP contribution in [0.1, 0.15) is 5.56 Å². The Morgan fingerprint density at radius 2 is 2.19 bits per heavy atom. The molecule has 1 heterocycles. The standard InChI is InChI=1S/C16H15ClN4O6/c1-25-13-6-10(5-12(17)16(13)27-9-15(22)26-2)7-19-20-14-4-3-11(8-18-14)21(23)24/h3-8H,9H2,1-2H3,(H,18,20)/b19-7+. The summed E-state index contributed by atoms with van der Waals surface area (Å²) in [6.07, 6.45) is 2.56. The number of methoxy groups -OCH3 is 2. The number of ether oxygens (including phenoxy) is 3. The van der Waals surface area contributed by atoms with Crippen LogP contribution in [0, 0.1) is 10.1 Å². The van der Waals surface area contributed by atoms with E-state index in [0.29, 0.717) is 17.1 Å². The molecule has 0 aliphatic rings. The molecule has 0 bridgehead atoms. The van der Waals surface area contributed by atoms with Gasteiger partial charge >= 0.3 is 5.97 Å². The second-order valence-electron chi connectivity index (χ2n) is 4.93. The first-order valence-corrected chi connectivity index (χ1v) is 7.79. The van der Waals surface area contributed by atoms with Crippen molar-refractivity contribution in [3.05, 3.63) is 51.2 Å². The SMILES string of the molecule is COC(=O)COc1c(Cl)cc(/C=N/Nc2ccc([N+](=O)[O-])cn2)cc1OC. The van der Waals surface area contributed by atoms with Crippen LogP contribution in [0.5, 0.6) is 11.5 Å². The molecular weight excluding hydrogens is 380 g/mol. The highest BCUT2D eigenvalue weighted by molar-refractivity contribution is 6.32. The van der Waals surface area contributed by atoms with Crippen LogP contribution in [0.15, 0.2) is 35.6 Å². The summed E-state index contributed by atoms with van der Waals surface area (Å²) in [4.78, 5) is 25.1. The molecule has 1 aromatic carbocycles. The van der Waals surface area contributed by atoms with Gasteiger partial charge in [0.15, 0.2) is 18.1 Å². The van der Waals surface area contributed by atoms with Gasteiger partial charge in [-0.2, -0.15) is 5.10 Å². The molecule has 142 valence electrons. The van der Waals surface area contributed by atoms with Gasteiger partial charge in [-0.05, 0) is 23.8 Å². The van der Waals surface area contributed by atoms with Crippen LogP contribution in [0.2, 0.25) is 5.02 Å². The van der Waals surface area contributed by atoms with Gasteiger partial charge in [0, 0.05) is 6.07 Å². The Morgan fingerprint density at radius 3 is 2.78 bits per heavy atom. The lowest BCUT2D eigenvalue weighted by Gasteiger charge is -2.12. The van der Waals surface area contributed by atoms with Gasteiger partial charge in [-0.1, -0.05) is 11.6 Å². The van der Waals surface area contributed by atoms with Crippen LogP contribution in [0.3, 0.4) is 0 Å². The Kier molecular flexibility index (Phi) is 6.89. The third kappa shape index (κ3) is 5.54. The summed E-state index contributed by atoms with van der Waals surface area (Å²) < 4.78 is 15.0. The molecule has 0 amide bonds. The zero-order valence-electron chi connectivity index (χ0n) is 14.3. The predicted octanol–water partition coefficient (Wildman–Crippen LogP) is 2.65. The van der Waals surface area contributed by atoms with E-state index < -0.39 is 10.9 Å². The normalized spacial score (nSPS) is 10.5. The number of nitrogens with zero attached hydrogens (tertiary/aromatic N) is 3. The predicted molar refractivity (Wildman–Crippen MR) is 97.6 cm³/mol. The lowest BCUT2D eigenvalue weighted by atomic mass is 10.2. The van der Waals surface area contributed by atoms with Crippen molar-refractivity contribution in [2.24, 2.45) is 5.10 Å². The molecule has 11 heteroatoms. The first-order valence-electron chi connectivity index (χ1n) is 7.41. The van der Waals surface area contributed by atoms with E-state index in [0.717, 1.165) is 6.20 Å². The maximum absolute atomic E-state index is 11.2. The number of halogens is 1. The van der Waals surface area contributed by atoms with Crippen molar-refractivity contribution < 1.29 is 23.9 Å². The zero-order chi connectivity index (χ0) is 19.8. The summed E-state index contributed by atoms with van der Waals surface area (Å²) in [7, 11) is 2.67. The van der Waals surface area contributed by atoms with E-state index in [1.165, 1.54) is 32.6 Å². The highest BCUT2D eigenvalue weighted by Gasteiger charge is 2.13. The molecule has 27 heavy (non-hydrogen) atoms. The van der Waals surface area contributed by atoms with Crippen LogP contribution in [0.25, 0.3) is 0 Å². The largest absolute Gasteiger partial charge is 0.493 e. The molecule has 0 fully saturated rings. The number of nitrogens with one attached hydrogen (secondary N) is 1. The summed E-state index contributed by atoms with van der Waals surface area (Å²) in [5.74, 6) is 0.277. The van der Waals surface area contributed by atoms with E-state index in [2.05, 4.69) is 20.2 Å². The zero-order valence-corrected chi connectivity index (χ0v) is 15.1. The van der Waals surface area contributed by atoms with Crippen LogP contribution in [-0.4, -0.2) is 42.9 Å². The fourth-order valence-corrected chi connectivity index (χ4v) is 2.15. The number of carbonyl (C=O) groups is 1. The molecule has 0 unspecified atom stereocenters. The quantitative estimate of drug-likeness (QED) is 0.313. The van der Waals surface area contributed by atoms with Crippen molar-refractivity contribution in [2.75, 3.05) is 26.3 Å². The molecule has 0 saturated carbocycles. The monoisotopic (exact) mass is 394 g/mol. The maximum Gasteiger partial charge on any atom is 0.343 e. The lowest BCUT2D eigenvalue weighted by Crippen LogP contribution is -2.13. The van der Waals surface area contributed by atoms with Crippen molar-refractivity contribution in [2.45, 2.75) is 0 Å². The average molecular weight is 395 g/mol. The Hall–Kier alpha value is -3.40. The average Bonchev–Trinajstić information content (AvgIpc) is 2.66. The van der Waals surface area contributed by atoms with Crippen LogP contribution in [0.4, 0.5) is 11.5 Å². The van der Waals surface area contributed by atoms with Crippen molar-refractivity contribution in [3.63, 3.8) is 0 Å². The van der Waals surface area contributed by atoms with Crippen molar-refractivity contribution in [3.8, 4) is 11.5 Å². The Labute approximate surface area is 158 Å². The van der Waals surface area contributed by atoms with Gasteiger partial charge in [0.05, 0.1) is 30.4 Å². The third-order valence-electron chi connectivity index (χ3n) is 3.17. The van der Waals surface area contributed by atoms with Crippen molar-refractivity contribution in [1.29, 1.82) is 0 Å². The fraction of sp³-hybridized carbons (Fsp3) is 0.188. The van der Waals surface area contributed by atoms with Crippen molar-refractivity contribution >= 4 is 35.3 Å². The molecule has 0 aliphatic carbocycles. The number of hydrazone groups is 1. The Bertz CT molecular complexity index is 857. The van der Waals surface area contributed by atoms with Crippen molar-refractivity contribution in [1.82, 2.24) is 4.98 Å². The minimum Gasteiger partial charge on any atom is -0.493 e. The third-order valence-corrected chi connectivity index (χ3v) is 3.45. The van der Waals surface area contributed by atoms with Gasteiger partial charge in [0.25, 0.3) is 5.69 Å². The number of hydrogen-bond donors (Lipinski definition) is 1. The smallest absolute Gasteiger partial charge is 0.343 e. The lowest BCUT2D eigenvalue weighted by molar-refractivity contribution is -0.385. The number of benzene rings is 1. The van der Waals surface area contributed by atoms with Gasteiger partial charge < -0.3 is 14.2 Å². The number of rotatable bonds is 8. The number of anilines is 1.